The maximum absolute atomic E-state index is 10.4. The number of aliphatic hydroxyl groups is 1. The van der Waals surface area contributed by atoms with Gasteiger partial charge in [-0.2, -0.15) is 0 Å². The first-order valence-corrected chi connectivity index (χ1v) is 5.86. The third-order valence-electron chi connectivity index (χ3n) is 2.65. The molecule has 0 amide bonds. The number of rotatable bonds is 5. The molecular formula is C15H14O4. The Kier molecular flexibility index (Phi) is 4.15. The van der Waals surface area contributed by atoms with Crippen molar-refractivity contribution in [1.82, 2.24) is 0 Å². The standard InChI is InChI=1S/C15H14O4/c16-14(15(17)18)10-19-13-8-6-12(7-9-13)11-4-2-1-3-5-11/h1-9,14,16H,10H2,(H,17,18). The maximum atomic E-state index is 10.4. The number of hydrogen-bond acceptors (Lipinski definition) is 3. The summed E-state index contributed by atoms with van der Waals surface area (Å²) in [6.07, 6.45) is -1.51. The highest BCUT2D eigenvalue weighted by Crippen LogP contribution is 2.22. The Balaban J connectivity index is 2.01. The fraction of sp³-hybridized carbons (Fsp3) is 0.133. The molecule has 98 valence electrons. The van der Waals surface area contributed by atoms with Crippen LogP contribution in [0.25, 0.3) is 11.1 Å². The molecule has 0 saturated heterocycles. The summed E-state index contributed by atoms with van der Waals surface area (Å²) in [6.45, 7) is -0.264. The van der Waals surface area contributed by atoms with Crippen LogP contribution in [-0.2, 0) is 4.79 Å². The van der Waals surface area contributed by atoms with E-state index in [1.807, 2.05) is 42.5 Å². The van der Waals surface area contributed by atoms with Crippen LogP contribution in [0.3, 0.4) is 0 Å². The lowest BCUT2D eigenvalue weighted by atomic mass is 10.1. The van der Waals surface area contributed by atoms with Gasteiger partial charge >= 0.3 is 5.97 Å². The van der Waals surface area contributed by atoms with Crippen LogP contribution in [0.2, 0.25) is 0 Å². The predicted octanol–water partition coefficient (Wildman–Crippen LogP) is 2.18. The first-order chi connectivity index (χ1) is 9.16. The van der Waals surface area contributed by atoms with Crippen LogP contribution in [0.1, 0.15) is 0 Å². The Morgan fingerprint density at radius 2 is 1.58 bits per heavy atom. The Bertz CT molecular complexity index is 534. The van der Waals surface area contributed by atoms with Gasteiger partial charge < -0.3 is 14.9 Å². The van der Waals surface area contributed by atoms with E-state index in [1.165, 1.54) is 0 Å². The Hall–Kier alpha value is -2.33. The first-order valence-electron chi connectivity index (χ1n) is 5.86. The van der Waals surface area contributed by atoms with Gasteiger partial charge in [-0.3, -0.25) is 0 Å². The SMILES string of the molecule is O=C(O)C(O)COc1ccc(-c2ccccc2)cc1. The third-order valence-corrected chi connectivity index (χ3v) is 2.65. The lowest BCUT2D eigenvalue weighted by Gasteiger charge is -2.09. The van der Waals surface area contributed by atoms with Crippen molar-refractivity contribution in [3.63, 3.8) is 0 Å². The second-order valence-corrected chi connectivity index (χ2v) is 4.06. The summed E-state index contributed by atoms with van der Waals surface area (Å²) in [5.41, 5.74) is 2.14. The molecule has 0 spiro atoms. The highest BCUT2D eigenvalue weighted by atomic mass is 16.5. The molecule has 0 saturated carbocycles. The Labute approximate surface area is 110 Å². The summed E-state index contributed by atoms with van der Waals surface area (Å²) in [7, 11) is 0. The molecule has 19 heavy (non-hydrogen) atoms. The zero-order chi connectivity index (χ0) is 13.7. The number of carbonyl (C=O) groups is 1. The average Bonchev–Trinajstić information content (AvgIpc) is 2.46. The van der Waals surface area contributed by atoms with Gasteiger partial charge in [0.1, 0.15) is 12.4 Å². The van der Waals surface area contributed by atoms with E-state index in [4.69, 9.17) is 14.9 Å². The van der Waals surface area contributed by atoms with Gasteiger partial charge in [0.25, 0.3) is 0 Å². The molecule has 0 aromatic heterocycles. The molecule has 0 radical (unpaired) electrons. The van der Waals surface area contributed by atoms with Gasteiger partial charge in [0.05, 0.1) is 0 Å². The molecule has 2 aromatic carbocycles. The number of carboxylic acid groups (broad SMARTS) is 1. The maximum Gasteiger partial charge on any atom is 0.336 e. The van der Waals surface area contributed by atoms with Gasteiger partial charge in [-0.15, -0.1) is 0 Å². The highest BCUT2D eigenvalue weighted by Gasteiger charge is 2.13. The number of hydrogen-bond donors (Lipinski definition) is 2. The van der Waals surface area contributed by atoms with Gasteiger partial charge in [-0.1, -0.05) is 42.5 Å². The lowest BCUT2D eigenvalue weighted by Crippen LogP contribution is -2.26. The van der Waals surface area contributed by atoms with Crippen molar-refractivity contribution in [3.05, 3.63) is 54.6 Å². The molecule has 0 aliphatic rings. The largest absolute Gasteiger partial charge is 0.490 e. The summed E-state index contributed by atoms with van der Waals surface area (Å²) >= 11 is 0. The minimum absolute atomic E-state index is 0.264. The van der Waals surface area contributed by atoms with Gasteiger partial charge in [0, 0.05) is 0 Å². The van der Waals surface area contributed by atoms with Crippen LogP contribution in [0.15, 0.2) is 54.6 Å². The van der Waals surface area contributed by atoms with Crippen molar-refractivity contribution in [2.45, 2.75) is 6.10 Å². The molecule has 2 aromatic rings. The third kappa shape index (κ3) is 3.56. The molecular weight excluding hydrogens is 244 g/mol. The van der Waals surface area contributed by atoms with E-state index in [1.54, 1.807) is 12.1 Å². The second kappa shape index (κ2) is 6.02. The number of benzene rings is 2. The minimum atomic E-state index is -1.51. The average molecular weight is 258 g/mol. The minimum Gasteiger partial charge on any atom is -0.490 e. The van der Waals surface area contributed by atoms with Crippen molar-refractivity contribution in [1.29, 1.82) is 0 Å². The molecule has 0 aliphatic carbocycles. The number of carboxylic acids is 1. The summed E-state index contributed by atoms with van der Waals surface area (Å²) in [6, 6.07) is 17.2. The molecule has 2 rings (SSSR count). The highest BCUT2D eigenvalue weighted by molar-refractivity contribution is 5.72. The topological polar surface area (TPSA) is 66.8 Å². The van der Waals surface area contributed by atoms with Crippen LogP contribution in [0.4, 0.5) is 0 Å². The van der Waals surface area contributed by atoms with Crippen LogP contribution in [0.5, 0.6) is 5.75 Å². The van der Waals surface area contributed by atoms with Crippen molar-refractivity contribution in [3.8, 4) is 16.9 Å². The van der Waals surface area contributed by atoms with Crippen LogP contribution >= 0.6 is 0 Å². The van der Waals surface area contributed by atoms with E-state index in [9.17, 15) is 4.79 Å². The van der Waals surface area contributed by atoms with Crippen LogP contribution < -0.4 is 4.74 Å². The molecule has 1 unspecified atom stereocenters. The van der Waals surface area contributed by atoms with Crippen LogP contribution in [0, 0.1) is 0 Å². The molecule has 0 fully saturated rings. The molecule has 0 bridgehead atoms. The predicted molar refractivity (Wildman–Crippen MR) is 71.0 cm³/mol. The zero-order valence-electron chi connectivity index (χ0n) is 10.2. The molecule has 4 nitrogen and oxygen atoms in total. The fourth-order valence-corrected chi connectivity index (χ4v) is 1.62. The summed E-state index contributed by atoms with van der Waals surface area (Å²) in [5.74, 6) is -0.763. The molecule has 2 N–H and O–H groups in total. The van der Waals surface area contributed by atoms with Crippen molar-refractivity contribution in [2.75, 3.05) is 6.61 Å². The number of aliphatic carboxylic acids is 1. The molecule has 4 heteroatoms. The van der Waals surface area contributed by atoms with E-state index >= 15 is 0 Å². The van der Waals surface area contributed by atoms with Gasteiger partial charge in [-0.05, 0) is 23.3 Å². The van der Waals surface area contributed by atoms with Crippen molar-refractivity contribution < 1.29 is 19.7 Å². The van der Waals surface area contributed by atoms with Gasteiger partial charge in [0.2, 0.25) is 0 Å². The first kappa shape index (κ1) is 13.1. The van der Waals surface area contributed by atoms with Crippen LogP contribution in [-0.4, -0.2) is 28.9 Å². The quantitative estimate of drug-likeness (QED) is 0.862. The molecule has 1 atom stereocenters. The zero-order valence-corrected chi connectivity index (χ0v) is 10.2. The monoisotopic (exact) mass is 258 g/mol. The summed E-state index contributed by atoms with van der Waals surface area (Å²) in [4.78, 5) is 10.4. The van der Waals surface area contributed by atoms with E-state index in [2.05, 4.69) is 0 Å². The van der Waals surface area contributed by atoms with E-state index in [0.717, 1.165) is 11.1 Å². The number of aliphatic hydroxyl groups excluding tert-OH is 1. The van der Waals surface area contributed by atoms with Crippen molar-refractivity contribution in [2.24, 2.45) is 0 Å². The normalized spacial score (nSPS) is 11.8. The van der Waals surface area contributed by atoms with E-state index < -0.39 is 12.1 Å². The van der Waals surface area contributed by atoms with Crippen molar-refractivity contribution >= 4 is 5.97 Å². The fourth-order valence-electron chi connectivity index (χ4n) is 1.62. The Morgan fingerprint density at radius 3 is 2.16 bits per heavy atom. The van der Waals surface area contributed by atoms with Gasteiger partial charge in [0.15, 0.2) is 6.10 Å². The lowest BCUT2D eigenvalue weighted by molar-refractivity contribution is -0.148. The van der Waals surface area contributed by atoms with Gasteiger partial charge in [-0.25, -0.2) is 4.79 Å². The number of ether oxygens (including phenoxy) is 1. The summed E-state index contributed by atoms with van der Waals surface area (Å²) in [5, 5.41) is 17.6. The molecule has 0 aliphatic heterocycles. The summed E-state index contributed by atoms with van der Waals surface area (Å²) < 4.78 is 5.19. The molecule has 0 heterocycles. The van der Waals surface area contributed by atoms with E-state index in [-0.39, 0.29) is 6.61 Å². The Morgan fingerprint density at radius 1 is 1.00 bits per heavy atom. The van der Waals surface area contributed by atoms with E-state index in [0.29, 0.717) is 5.75 Å². The smallest absolute Gasteiger partial charge is 0.336 e. The second-order valence-electron chi connectivity index (χ2n) is 4.06.